The van der Waals surface area contributed by atoms with Crippen molar-refractivity contribution in [1.82, 2.24) is 0 Å². The highest BCUT2D eigenvalue weighted by molar-refractivity contribution is 7.81. The van der Waals surface area contributed by atoms with E-state index >= 15 is 0 Å². The topological polar surface area (TPSA) is 38.4 Å². The molecule has 68 valence electrons. The van der Waals surface area contributed by atoms with Crippen molar-refractivity contribution in [2.24, 2.45) is 16.1 Å². The minimum absolute atomic E-state index is 0. The molecule has 11 heavy (non-hydrogen) atoms. The monoisotopic (exact) mass is 196 g/mol. The average molecular weight is 197 g/mol. The summed E-state index contributed by atoms with van der Waals surface area (Å²) in [6, 6.07) is 0. The van der Waals surface area contributed by atoms with Gasteiger partial charge >= 0.3 is 0 Å². The van der Waals surface area contributed by atoms with E-state index in [-0.39, 0.29) is 17.8 Å². The molecule has 0 spiro atoms. The number of amidine groups is 1. The standard InChI is InChI=1S/C7H16N2S.ClH/c1-7(2,3)5-9-6(8)4-10;/h10H,4-5H2,1-3H3,(H2,8,9);1H. The summed E-state index contributed by atoms with van der Waals surface area (Å²) in [4.78, 5) is 4.13. The fourth-order valence-corrected chi connectivity index (χ4v) is 0.489. The van der Waals surface area contributed by atoms with Gasteiger partial charge in [-0.15, -0.1) is 12.4 Å². The molecule has 0 saturated heterocycles. The summed E-state index contributed by atoms with van der Waals surface area (Å²) in [5.74, 6) is 1.18. The number of aliphatic imine (C=N–C) groups is 1. The Morgan fingerprint density at radius 1 is 1.45 bits per heavy atom. The Morgan fingerprint density at radius 3 is 2.18 bits per heavy atom. The first-order valence-electron chi connectivity index (χ1n) is 3.35. The molecule has 0 radical (unpaired) electrons. The van der Waals surface area contributed by atoms with Crippen LogP contribution in [-0.2, 0) is 0 Å². The van der Waals surface area contributed by atoms with E-state index in [1.807, 2.05) is 0 Å². The van der Waals surface area contributed by atoms with Crippen LogP contribution in [0, 0.1) is 5.41 Å². The lowest BCUT2D eigenvalue weighted by atomic mass is 9.97. The predicted octanol–water partition coefficient (Wildman–Crippen LogP) is 1.74. The summed E-state index contributed by atoms with van der Waals surface area (Å²) in [5, 5.41) is 0. The maximum atomic E-state index is 5.45. The molecule has 0 heterocycles. The van der Waals surface area contributed by atoms with Crippen LogP contribution >= 0.6 is 25.0 Å². The van der Waals surface area contributed by atoms with E-state index in [9.17, 15) is 0 Å². The molecule has 0 unspecified atom stereocenters. The minimum atomic E-state index is 0. The smallest absolute Gasteiger partial charge is 0.103 e. The minimum Gasteiger partial charge on any atom is -0.387 e. The summed E-state index contributed by atoms with van der Waals surface area (Å²) < 4.78 is 0. The van der Waals surface area contributed by atoms with Crippen LogP contribution in [0.2, 0.25) is 0 Å². The molecule has 0 rings (SSSR count). The number of nitrogens with two attached hydrogens (primary N) is 1. The average Bonchev–Trinajstić information content (AvgIpc) is 1.81. The largest absolute Gasteiger partial charge is 0.387 e. The van der Waals surface area contributed by atoms with Crippen molar-refractivity contribution >= 4 is 30.9 Å². The van der Waals surface area contributed by atoms with Crippen LogP contribution in [0.3, 0.4) is 0 Å². The summed E-state index contributed by atoms with van der Waals surface area (Å²) in [6.45, 7) is 7.16. The zero-order valence-electron chi connectivity index (χ0n) is 7.29. The van der Waals surface area contributed by atoms with Crippen molar-refractivity contribution in [3.05, 3.63) is 0 Å². The summed E-state index contributed by atoms with van der Waals surface area (Å²) in [7, 11) is 0. The van der Waals surface area contributed by atoms with Crippen LogP contribution in [0.1, 0.15) is 20.8 Å². The maximum Gasteiger partial charge on any atom is 0.103 e. The molecule has 0 aromatic heterocycles. The van der Waals surface area contributed by atoms with Crippen molar-refractivity contribution in [2.75, 3.05) is 12.3 Å². The lowest BCUT2D eigenvalue weighted by Gasteiger charge is -2.14. The number of nitrogens with zero attached hydrogens (tertiary/aromatic N) is 1. The van der Waals surface area contributed by atoms with E-state index in [4.69, 9.17) is 5.73 Å². The lowest BCUT2D eigenvalue weighted by molar-refractivity contribution is 0.429. The third kappa shape index (κ3) is 10.1. The first kappa shape index (κ1) is 13.7. The van der Waals surface area contributed by atoms with Crippen molar-refractivity contribution in [1.29, 1.82) is 0 Å². The lowest BCUT2D eigenvalue weighted by Crippen LogP contribution is -2.18. The quantitative estimate of drug-likeness (QED) is 0.394. The molecule has 0 amide bonds. The van der Waals surface area contributed by atoms with Crippen LogP contribution in [0.4, 0.5) is 0 Å². The Bertz CT molecular complexity index is 129. The first-order valence-corrected chi connectivity index (χ1v) is 3.98. The van der Waals surface area contributed by atoms with Gasteiger partial charge in [-0.3, -0.25) is 4.99 Å². The van der Waals surface area contributed by atoms with Gasteiger partial charge < -0.3 is 5.73 Å². The van der Waals surface area contributed by atoms with E-state index in [1.165, 1.54) is 0 Å². The highest BCUT2D eigenvalue weighted by Gasteiger charge is 2.07. The molecule has 0 aromatic rings. The van der Waals surface area contributed by atoms with E-state index in [0.29, 0.717) is 11.6 Å². The van der Waals surface area contributed by atoms with Gasteiger partial charge in [-0.1, -0.05) is 20.8 Å². The van der Waals surface area contributed by atoms with Gasteiger partial charge in [0.2, 0.25) is 0 Å². The van der Waals surface area contributed by atoms with Gasteiger partial charge in [0.25, 0.3) is 0 Å². The molecule has 0 saturated carbocycles. The van der Waals surface area contributed by atoms with Crippen LogP contribution in [0.15, 0.2) is 4.99 Å². The zero-order chi connectivity index (χ0) is 8.20. The third-order valence-corrected chi connectivity index (χ3v) is 1.24. The Hall–Kier alpha value is 0.110. The number of thiol groups is 1. The van der Waals surface area contributed by atoms with Gasteiger partial charge in [0.1, 0.15) is 5.84 Å². The highest BCUT2D eigenvalue weighted by atomic mass is 35.5. The van der Waals surface area contributed by atoms with Crippen LogP contribution < -0.4 is 5.73 Å². The molecule has 2 nitrogen and oxygen atoms in total. The number of rotatable bonds is 2. The Balaban J connectivity index is 0. The van der Waals surface area contributed by atoms with Crippen molar-refractivity contribution in [3.8, 4) is 0 Å². The predicted molar refractivity (Wildman–Crippen MR) is 57.0 cm³/mol. The molecular formula is C7H17ClN2S. The molecule has 0 atom stereocenters. The van der Waals surface area contributed by atoms with Crippen LogP contribution in [0.5, 0.6) is 0 Å². The second-order valence-electron chi connectivity index (χ2n) is 3.53. The SMILES string of the molecule is CC(C)(C)CN=C(N)CS.Cl. The molecule has 0 aliphatic rings. The summed E-state index contributed by atoms with van der Waals surface area (Å²) in [5.41, 5.74) is 5.68. The van der Waals surface area contributed by atoms with E-state index < -0.39 is 0 Å². The van der Waals surface area contributed by atoms with E-state index in [1.54, 1.807) is 0 Å². The van der Waals surface area contributed by atoms with Gasteiger partial charge in [-0.05, 0) is 5.41 Å². The molecule has 0 aliphatic carbocycles. The summed E-state index contributed by atoms with van der Waals surface area (Å²) >= 11 is 3.99. The summed E-state index contributed by atoms with van der Waals surface area (Å²) in [6.07, 6.45) is 0. The van der Waals surface area contributed by atoms with Crippen molar-refractivity contribution < 1.29 is 0 Å². The Labute approximate surface area is 80.5 Å². The normalized spacial score (nSPS) is 12.5. The molecular weight excluding hydrogens is 180 g/mol. The fourth-order valence-electron chi connectivity index (χ4n) is 0.389. The molecule has 0 fully saturated rings. The second-order valence-corrected chi connectivity index (χ2v) is 3.84. The van der Waals surface area contributed by atoms with Crippen molar-refractivity contribution in [3.63, 3.8) is 0 Å². The second kappa shape index (κ2) is 5.72. The molecule has 0 bridgehead atoms. The van der Waals surface area contributed by atoms with Gasteiger partial charge in [0, 0.05) is 12.3 Å². The van der Waals surface area contributed by atoms with Crippen molar-refractivity contribution in [2.45, 2.75) is 20.8 Å². The van der Waals surface area contributed by atoms with Crippen LogP contribution in [-0.4, -0.2) is 18.1 Å². The Morgan fingerprint density at radius 2 is 1.91 bits per heavy atom. The maximum absolute atomic E-state index is 5.45. The third-order valence-electron chi connectivity index (χ3n) is 0.918. The Kier molecular flexibility index (Phi) is 7.12. The van der Waals surface area contributed by atoms with Gasteiger partial charge in [0.05, 0.1) is 0 Å². The molecule has 2 N–H and O–H groups in total. The zero-order valence-corrected chi connectivity index (χ0v) is 9.01. The number of hydrogen-bond acceptors (Lipinski definition) is 2. The molecule has 4 heteroatoms. The number of hydrogen-bond donors (Lipinski definition) is 2. The van der Waals surface area contributed by atoms with Gasteiger partial charge in [-0.2, -0.15) is 12.6 Å². The number of halogens is 1. The first-order chi connectivity index (χ1) is 4.45. The van der Waals surface area contributed by atoms with Gasteiger partial charge in [-0.25, -0.2) is 0 Å². The van der Waals surface area contributed by atoms with Crippen LogP contribution in [0.25, 0.3) is 0 Å². The van der Waals surface area contributed by atoms with Gasteiger partial charge in [0.15, 0.2) is 0 Å². The molecule has 0 aliphatic heterocycles. The fraction of sp³-hybridized carbons (Fsp3) is 0.857. The van der Waals surface area contributed by atoms with E-state index in [0.717, 1.165) is 6.54 Å². The van der Waals surface area contributed by atoms with E-state index in [2.05, 4.69) is 38.4 Å². The molecule has 0 aromatic carbocycles. The highest BCUT2D eigenvalue weighted by Crippen LogP contribution is 2.12.